The summed E-state index contributed by atoms with van der Waals surface area (Å²) < 4.78 is 5.82. The van der Waals surface area contributed by atoms with Crippen LogP contribution < -0.4 is 10.1 Å². The van der Waals surface area contributed by atoms with Crippen LogP contribution in [0, 0.1) is 0 Å². The maximum atomic E-state index is 6.19. The van der Waals surface area contributed by atoms with E-state index >= 15 is 0 Å². The largest absolute Gasteiger partial charge is 0.490 e. The summed E-state index contributed by atoms with van der Waals surface area (Å²) in [5, 5.41) is 4.56. The van der Waals surface area contributed by atoms with Crippen molar-refractivity contribution >= 4 is 48.0 Å². The highest BCUT2D eigenvalue weighted by atomic mass is 35.5. The van der Waals surface area contributed by atoms with Crippen molar-refractivity contribution in [1.29, 1.82) is 0 Å². The van der Waals surface area contributed by atoms with Crippen molar-refractivity contribution in [3.05, 3.63) is 46.7 Å². The summed E-state index contributed by atoms with van der Waals surface area (Å²) in [6.07, 6.45) is 4.03. The molecule has 1 aromatic heterocycles. The molecule has 1 atom stereocenters. The predicted molar refractivity (Wildman–Crippen MR) is 101 cm³/mol. The molecular formula is C16H18Cl4N2O. The minimum atomic E-state index is 0. The monoisotopic (exact) mass is 394 g/mol. The molecule has 0 amide bonds. The van der Waals surface area contributed by atoms with Crippen LogP contribution in [0.4, 0.5) is 0 Å². The van der Waals surface area contributed by atoms with Crippen molar-refractivity contribution in [3.8, 4) is 16.9 Å². The maximum absolute atomic E-state index is 6.19. The first kappa shape index (κ1) is 20.3. The second-order valence-corrected chi connectivity index (χ2v) is 5.92. The summed E-state index contributed by atoms with van der Waals surface area (Å²) in [7, 11) is 0. The van der Waals surface area contributed by atoms with E-state index in [4.69, 9.17) is 27.9 Å². The lowest BCUT2D eigenvalue weighted by Crippen LogP contribution is -2.28. The standard InChI is InChI=1S/C16H16Cl2N2O.2ClH/c17-12-5-3-11(4-6-12)15-8-14(9-20-16(15)18)21-10-13-2-1-7-19-13;;/h3-6,8-9,13,19H,1-2,7,10H2;2*1H/t13-;;/m0../s1. The molecule has 0 saturated carbocycles. The molecule has 0 aliphatic carbocycles. The lowest BCUT2D eigenvalue weighted by atomic mass is 10.1. The fraction of sp³-hybridized carbons (Fsp3) is 0.312. The van der Waals surface area contributed by atoms with Crippen LogP contribution in [0.3, 0.4) is 0 Å². The summed E-state index contributed by atoms with van der Waals surface area (Å²) >= 11 is 12.1. The van der Waals surface area contributed by atoms with Gasteiger partial charge < -0.3 is 10.1 Å². The van der Waals surface area contributed by atoms with Crippen LogP contribution in [0.5, 0.6) is 5.75 Å². The highest BCUT2D eigenvalue weighted by Crippen LogP contribution is 2.30. The number of aromatic nitrogens is 1. The first-order valence-corrected chi connectivity index (χ1v) is 7.75. The van der Waals surface area contributed by atoms with Crippen molar-refractivity contribution in [2.75, 3.05) is 13.2 Å². The first-order valence-electron chi connectivity index (χ1n) is 7.00. The molecule has 0 unspecified atom stereocenters. The Bertz CT molecular complexity index is 616. The van der Waals surface area contributed by atoms with E-state index in [-0.39, 0.29) is 24.8 Å². The SMILES string of the molecule is Cl.Cl.Clc1ccc(-c2cc(OC[C@@H]3CCCN3)cnc2Cl)cc1. The van der Waals surface area contributed by atoms with Gasteiger partial charge in [-0.15, -0.1) is 24.8 Å². The van der Waals surface area contributed by atoms with Crippen LogP contribution in [-0.4, -0.2) is 24.2 Å². The number of hydrogen-bond acceptors (Lipinski definition) is 3. The van der Waals surface area contributed by atoms with Gasteiger partial charge in [-0.1, -0.05) is 35.3 Å². The number of ether oxygens (including phenoxy) is 1. The van der Waals surface area contributed by atoms with E-state index in [0.717, 1.165) is 29.8 Å². The molecule has 0 spiro atoms. The molecule has 7 heteroatoms. The normalized spacial score (nSPS) is 16.3. The number of rotatable bonds is 4. The molecule has 3 nitrogen and oxygen atoms in total. The molecule has 2 heterocycles. The number of nitrogens with zero attached hydrogens (tertiary/aromatic N) is 1. The summed E-state index contributed by atoms with van der Waals surface area (Å²) in [5.74, 6) is 0.734. The zero-order chi connectivity index (χ0) is 14.7. The Kier molecular flexibility index (Phi) is 8.45. The molecule has 1 saturated heterocycles. The van der Waals surface area contributed by atoms with Gasteiger partial charge in [0.2, 0.25) is 0 Å². The molecule has 1 aromatic carbocycles. The summed E-state index contributed by atoms with van der Waals surface area (Å²) in [4.78, 5) is 4.21. The van der Waals surface area contributed by atoms with Crippen LogP contribution in [0.2, 0.25) is 10.2 Å². The molecule has 3 rings (SSSR count). The molecule has 1 aliphatic heterocycles. The summed E-state index contributed by atoms with van der Waals surface area (Å²) in [6, 6.07) is 9.88. The van der Waals surface area contributed by atoms with Gasteiger partial charge in [-0.3, -0.25) is 0 Å². The molecule has 1 fully saturated rings. The van der Waals surface area contributed by atoms with Crippen LogP contribution in [0.1, 0.15) is 12.8 Å². The molecule has 126 valence electrons. The second kappa shape index (κ2) is 9.55. The quantitative estimate of drug-likeness (QED) is 0.737. The Labute approximate surface area is 158 Å². The van der Waals surface area contributed by atoms with Gasteiger partial charge in [0, 0.05) is 16.6 Å². The van der Waals surface area contributed by atoms with Gasteiger partial charge in [0.25, 0.3) is 0 Å². The van der Waals surface area contributed by atoms with Crippen LogP contribution in [0.25, 0.3) is 11.1 Å². The third-order valence-corrected chi connectivity index (χ3v) is 4.14. The minimum Gasteiger partial charge on any atom is -0.490 e. The number of benzene rings is 1. The molecule has 2 aromatic rings. The number of nitrogens with one attached hydrogen (secondary N) is 1. The van der Waals surface area contributed by atoms with E-state index < -0.39 is 0 Å². The van der Waals surface area contributed by atoms with Gasteiger partial charge in [0.05, 0.1) is 6.20 Å². The maximum Gasteiger partial charge on any atom is 0.138 e. The highest BCUT2D eigenvalue weighted by Gasteiger charge is 2.15. The Hall–Kier alpha value is -0.710. The van der Waals surface area contributed by atoms with Crippen molar-refractivity contribution in [2.24, 2.45) is 0 Å². The third-order valence-electron chi connectivity index (χ3n) is 3.58. The average molecular weight is 396 g/mol. The number of pyridine rings is 1. The van der Waals surface area contributed by atoms with Crippen molar-refractivity contribution in [1.82, 2.24) is 10.3 Å². The Morgan fingerprint density at radius 1 is 1.17 bits per heavy atom. The van der Waals surface area contributed by atoms with Crippen molar-refractivity contribution in [2.45, 2.75) is 18.9 Å². The van der Waals surface area contributed by atoms with E-state index in [1.807, 2.05) is 30.3 Å². The Morgan fingerprint density at radius 2 is 1.91 bits per heavy atom. The lowest BCUT2D eigenvalue weighted by molar-refractivity contribution is 0.276. The highest BCUT2D eigenvalue weighted by molar-refractivity contribution is 6.32. The Balaban J connectivity index is 0.00000132. The van der Waals surface area contributed by atoms with E-state index in [2.05, 4.69) is 10.3 Å². The fourth-order valence-electron chi connectivity index (χ4n) is 2.44. The zero-order valence-electron chi connectivity index (χ0n) is 12.3. The fourth-order valence-corrected chi connectivity index (χ4v) is 2.77. The summed E-state index contributed by atoms with van der Waals surface area (Å²) in [5.41, 5.74) is 1.83. The van der Waals surface area contributed by atoms with Gasteiger partial charge in [0.1, 0.15) is 17.5 Å². The van der Waals surface area contributed by atoms with Crippen molar-refractivity contribution in [3.63, 3.8) is 0 Å². The molecule has 0 radical (unpaired) electrons. The van der Waals surface area contributed by atoms with Gasteiger partial charge in [0.15, 0.2) is 0 Å². The smallest absolute Gasteiger partial charge is 0.138 e. The topological polar surface area (TPSA) is 34.1 Å². The van der Waals surface area contributed by atoms with Crippen LogP contribution >= 0.6 is 48.0 Å². The molecular weight excluding hydrogens is 378 g/mol. The van der Waals surface area contributed by atoms with Gasteiger partial charge in [-0.25, -0.2) is 4.98 Å². The number of hydrogen-bond donors (Lipinski definition) is 1. The first-order chi connectivity index (χ1) is 10.2. The van der Waals surface area contributed by atoms with Crippen LogP contribution in [-0.2, 0) is 0 Å². The third kappa shape index (κ3) is 5.40. The van der Waals surface area contributed by atoms with Gasteiger partial charge >= 0.3 is 0 Å². The lowest BCUT2D eigenvalue weighted by Gasteiger charge is -2.13. The molecule has 1 N–H and O–H groups in total. The van der Waals surface area contributed by atoms with E-state index in [9.17, 15) is 0 Å². The van der Waals surface area contributed by atoms with Crippen molar-refractivity contribution < 1.29 is 4.74 Å². The zero-order valence-corrected chi connectivity index (χ0v) is 15.4. The molecule has 1 aliphatic rings. The number of halogens is 4. The predicted octanol–water partition coefficient (Wildman–Crippen LogP) is 5.03. The van der Waals surface area contributed by atoms with Gasteiger partial charge in [-0.05, 0) is 43.1 Å². The second-order valence-electron chi connectivity index (χ2n) is 5.12. The minimum absolute atomic E-state index is 0. The van der Waals surface area contributed by atoms with Crippen LogP contribution in [0.15, 0.2) is 36.5 Å². The molecule has 0 bridgehead atoms. The summed E-state index contributed by atoms with van der Waals surface area (Å²) in [6.45, 7) is 1.73. The Morgan fingerprint density at radius 3 is 2.57 bits per heavy atom. The van der Waals surface area contributed by atoms with E-state index in [1.165, 1.54) is 6.42 Å². The van der Waals surface area contributed by atoms with Gasteiger partial charge in [-0.2, -0.15) is 0 Å². The molecule has 23 heavy (non-hydrogen) atoms. The van der Waals surface area contributed by atoms with E-state index in [1.54, 1.807) is 6.20 Å². The average Bonchev–Trinajstić information content (AvgIpc) is 3.01. The van der Waals surface area contributed by atoms with E-state index in [0.29, 0.717) is 22.8 Å².